The van der Waals surface area contributed by atoms with Crippen LogP contribution in [0.25, 0.3) is 0 Å². The van der Waals surface area contributed by atoms with Crippen LogP contribution in [0.3, 0.4) is 0 Å². The highest BCUT2D eigenvalue weighted by atomic mass is 16.5. The molecule has 7 nitrogen and oxygen atoms in total. The lowest BCUT2D eigenvalue weighted by Crippen LogP contribution is -2.35. The monoisotopic (exact) mass is 343 g/mol. The molecule has 2 aromatic rings. The van der Waals surface area contributed by atoms with E-state index < -0.39 is 0 Å². The number of hydrogen-bond acceptors (Lipinski definition) is 5. The number of carbonyl (C=O) groups is 1. The van der Waals surface area contributed by atoms with Gasteiger partial charge in [0.05, 0.1) is 18.8 Å². The van der Waals surface area contributed by atoms with Crippen LogP contribution in [-0.4, -0.2) is 45.8 Å². The number of methoxy groups -OCH3 is 1. The molecule has 0 radical (unpaired) electrons. The summed E-state index contributed by atoms with van der Waals surface area (Å²) in [5.41, 5.74) is 4.27. The molecule has 1 amide bonds. The van der Waals surface area contributed by atoms with Crippen LogP contribution in [0.4, 0.5) is 0 Å². The molecule has 1 fully saturated rings. The van der Waals surface area contributed by atoms with Gasteiger partial charge in [0.2, 0.25) is 11.8 Å². The zero-order chi connectivity index (χ0) is 18.1. The normalized spacial score (nSPS) is 20.4. The zero-order valence-electron chi connectivity index (χ0n) is 15.4. The Labute approximate surface area is 148 Å². The molecule has 0 aromatic carbocycles. The minimum absolute atomic E-state index is 0.00703. The van der Waals surface area contributed by atoms with Crippen LogP contribution in [0.2, 0.25) is 0 Å². The quantitative estimate of drug-likeness (QED) is 0.891. The fourth-order valence-electron chi connectivity index (χ4n) is 3.55. The maximum absolute atomic E-state index is 12.3. The van der Waals surface area contributed by atoms with Gasteiger partial charge in [-0.05, 0) is 19.4 Å². The van der Waals surface area contributed by atoms with Gasteiger partial charge in [0.25, 0.3) is 0 Å². The highest BCUT2D eigenvalue weighted by Gasteiger charge is 2.40. The van der Waals surface area contributed by atoms with Crippen molar-refractivity contribution in [3.63, 3.8) is 0 Å². The number of aryl methyl sites for hydroxylation is 2. The van der Waals surface area contributed by atoms with Crippen molar-refractivity contribution in [3.05, 3.63) is 40.8 Å². The van der Waals surface area contributed by atoms with E-state index in [2.05, 4.69) is 22.3 Å². The van der Waals surface area contributed by atoms with Crippen LogP contribution in [0.1, 0.15) is 35.0 Å². The van der Waals surface area contributed by atoms with Crippen LogP contribution < -0.4 is 10.1 Å². The summed E-state index contributed by atoms with van der Waals surface area (Å²) in [6, 6.07) is 3.86. The third-order valence-electron chi connectivity index (χ3n) is 5.02. The van der Waals surface area contributed by atoms with Gasteiger partial charge in [-0.1, -0.05) is 6.07 Å². The lowest BCUT2D eigenvalue weighted by Gasteiger charge is -2.26. The Morgan fingerprint density at radius 3 is 2.64 bits per heavy atom. The Morgan fingerprint density at radius 2 is 2.08 bits per heavy atom. The van der Waals surface area contributed by atoms with Gasteiger partial charge < -0.3 is 15.0 Å². The fourth-order valence-corrected chi connectivity index (χ4v) is 3.55. The molecule has 0 unspecified atom stereocenters. The van der Waals surface area contributed by atoms with E-state index in [1.807, 2.05) is 42.7 Å². The third kappa shape index (κ3) is 3.24. The SMILES string of the molecule is COc1ccc(CN[C@@H]2CC(=O)N(C)[C@H]2c2c(C)nn(C)c2C)cn1. The number of aromatic nitrogens is 3. The summed E-state index contributed by atoms with van der Waals surface area (Å²) in [7, 11) is 5.41. The number of pyridine rings is 1. The fraction of sp³-hybridized carbons (Fsp3) is 0.500. The van der Waals surface area contributed by atoms with E-state index in [0.717, 1.165) is 22.5 Å². The first-order valence-corrected chi connectivity index (χ1v) is 8.40. The largest absolute Gasteiger partial charge is 0.481 e. The van der Waals surface area contributed by atoms with Crippen molar-refractivity contribution in [2.75, 3.05) is 14.2 Å². The van der Waals surface area contributed by atoms with Crippen molar-refractivity contribution in [1.29, 1.82) is 0 Å². The number of nitrogens with one attached hydrogen (secondary N) is 1. The summed E-state index contributed by atoms with van der Waals surface area (Å²) < 4.78 is 6.97. The number of carbonyl (C=O) groups excluding carboxylic acids is 1. The van der Waals surface area contributed by atoms with Crippen molar-refractivity contribution < 1.29 is 9.53 Å². The molecule has 0 aliphatic carbocycles. The first-order valence-electron chi connectivity index (χ1n) is 8.40. The number of nitrogens with zero attached hydrogens (tertiary/aromatic N) is 4. The molecule has 2 aromatic heterocycles. The Kier molecular flexibility index (Phi) is 4.76. The molecule has 3 heterocycles. The Morgan fingerprint density at radius 1 is 1.32 bits per heavy atom. The Balaban J connectivity index is 1.80. The van der Waals surface area contributed by atoms with Crippen LogP contribution >= 0.6 is 0 Å². The van der Waals surface area contributed by atoms with E-state index in [-0.39, 0.29) is 18.0 Å². The second-order valence-corrected chi connectivity index (χ2v) is 6.56. The van der Waals surface area contributed by atoms with Gasteiger partial charge >= 0.3 is 0 Å². The van der Waals surface area contributed by atoms with Crippen molar-refractivity contribution in [2.45, 2.75) is 38.9 Å². The van der Waals surface area contributed by atoms with Crippen molar-refractivity contribution >= 4 is 5.91 Å². The summed E-state index contributed by atoms with van der Waals surface area (Å²) in [4.78, 5) is 18.4. The smallest absolute Gasteiger partial charge is 0.224 e. The van der Waals surface area contributed by atoms with Crippen LogP contribution in [-0.2, 0) is 18.4 Å². The maximum Gasteiger partial charge on any atom is 0.224 e. The van der Waals surface area contributed by atoms with Crippen molar-refractivity contribution in [1.82, 2.24) is 25.0 Å². The number of hydrogen-bond donors (Lipinski definition) is 1. The van der Waals surface area contributed by atoms with Gasteiger partial charge in [0.15, 0.2) is 0 Å². The van der Waals surface area contributed by atoms with E-state index >= 15 is 0 Å². The molecule has 2 atom stereocenters. The second-order valence-electron chi connectivity index (χ2n) is 6.56. The van der Waals surface area contributed by atoms with Crippen LogP contribution in [0.5, 0.6) is 5.88 Å². The number of rotatable bonds is 5. The van der Waals surface area contributed by atoms with Gasteiger partial charge in [-0.3, -0.25) is 9.48 Å². The molecule has 134 valence electrons. The van der Waals surface area contributed by atoms with E-state index in [1.165, 1.54) is 0 Å². The first kappa shape index (κ1) is 17.4. The lowest BCUT2D eigenvalue weighted by molar-refractivity contribution is -0.127. The van der Waals surface area contributed by atoms with Gasteiger partial charge in [-0.25, -0.2) is 4.98 Å². The highest BCUT2D eigenvalue weighted by molar-refractivity contribution is 5.80. The molecule has 0 bridgehead atoms. The lowest BCUT2D eigenvalue weighted by atomic mass is 9.98. The topological polar surface area (TPSA) is 72.3 Å². The molecular weight excluding hydrogens is 318 g/mol. The van der Waals surface area contributed by atoms with Crippen LogP contribution in [0.15, 0.2) is 18.3 Å². The molecule has 1 aliphatic heterocycles. The Bertz CT molecular complexity index is 769. The average molecular weight is 343 g/mol. The van der Waals surface area contributed by atoms with Gasteiger partial charge in [0, 0.05) is 56.6 Å². The molecule has 3 rings (SSSR count). The summed E-state index contributed by atoms with van der Waals surface area (Å²) >= 11 is 0. The average Bonchev–Trinajstić information content (AvgIpc) is 3.01. The summed E-state index contributed by atoms with van der Waals surface area (Å²) in [6.45, 7) is 4.71. The molecule has 1 N–H and O–H groups in total. The number of likely N-dealkylation sites (tertiary alicyclic amines) is 1. The van der Waals surface area contributed by atoms with Crippen molar-refractivity contribution in [3.8, 4) is 5.88 Å². The predicted octanol–water partition coefficient (Wildman–Crippen LogP) is 1.50. The van der Waals surface area contributed by atoms with Gasteiger partial charge in [-0.2, -0.15) is 5.10 Å². The van der Waals surface area contributed by atoms with Crippen molar-refractivity contribution in [2.24, 2.45) is 7.05 Å². The van der Waals surface area contributed by atoms with E-state index in [9.17, 15) is 4.79 Å². The standard InChI is InChI=1S/C18H25N5O2/c1-11-17(12(2)23(4)21-11)18-14(8-16(24)22(18)3)19-9-13-6-7-15(25-5)20-10-13/h6-7,10,14,18-19H,8-9H2,1-5H3/t14-,18-/m1/s1. The minimum Gasteiger partial charge on any atom is -0.481 e. The van der Waals surface area contributed by atoms with Gasteiger partial charge in [-0.15, -0.1) is 0 Å². The highest BCUT2D eigenvalue weighted by Crippen LogP contribution is 2.35. The first-order chi connectivity index (χ1) is 11.9. The zero-order valence-corrected chi connectivity index (χ0v) is 15.4. The molecule has 0 spiro atoms. The van der Waals surface area contributed by atoms with Crippen LogP contribution in [0, 0.1) is 13.8 Å². The molecule has 1 aliphatic rings. The number of ether oxygens (including phenoxy) is 1. The van der Waals surface area contributed by atoms with E-state index in [1.54, 1.807) is 13.3 Å². The summed E-state index contributed by atoms with van der Waals surface area (Å²) in [5.74, 6) is 0.747. The third-order valence-corrected chi connectivity index (χ3v) is 5.02. The molecular formula is C18H25N5O2. The maximum atomic E-state index is 12.3. The number of likely N-dealkylation sites (N-methyl/N-ethyl adjacent to an activating group) is 1. The summed E-state index contributed by atoms with van der Waals surface area (Å²) in [5, 5.41) is 8.04. The van der Waals surface area contributed by atoms with E-state index in [0.29, 0.717) is 18.8 Å². The van der Waals surface area contributed by atoms with E-state index in [4.69, 9.17) is 4.74 Å². The molecule has 1 saturated heterocycles. The predicted molar refractivity (Wildman–Crippen MR) is 94.2 cm³/mol. The second kappa shape index (κ2) is 6.84. The molecule has 7 heteroatoms. The molecule has 25 heavy (non-hydrogen) atoms. The minimum atomic E-state index is -0.00703. The molecule has 0 saturated carbocycles. The number of amides is 1. The Hall–Kier alpha value is -2.41. The summed E-state index contributed by atoms with van der Waals surface area (Å²) in [6.07, 6.45) is 2.28. The van der Waals surface area contributed by atoms with Gasteiger partial charge in [0.1, 0.15) is 0 Å².